The van der Waals surface area contributed by atoms with Crippen LogP contribution in [0.5, 0.6) is 0 Å². The van der Waals surface area contributed by atoms with Gasteiger partial charge < -0.3 is 15.2 Å². The molecule has 0 saturated carbocycles. The van der Waals surface area contributed by atoms with Crippen molar-refractivity contribution in [2.75, 3.05) is 19.6 Å². The highest BCUT2D eigenvalue weighted by molar-refractivity contribution is 5.98. The summed E-state index contributed by atoms with van der Waals surface area (Å²) >= 11 is 0. The zero-order valence-corrected chi connectivity index (χ0v) is 11.4. The lowest BCUT2D eigenvalue weighted by Crippen LogP contribution is -2.48. The van der Waals surface area contributed by atoms with Gasteiger partial charge in [0.2, 0.25) is 0 Å². The molecule has 2 atom stereocenters. The topological polar surface area (TPSA) is 48.1 Å². The number of aromatic amines is 1. The zero-order chi connectivity index (χ0) is 13.5. The van der Waals surface area contributed by atoms with E-state index in [4.69, 9.17) is 0 Å². The molecule has 0 bridgehead atoms. The van der Waals surface area contributed by atoms with Crippen LogP contribution in [0.3, 0.4) is 0 Å². The number of benzene rings is 1. The first-order valence-electron chi connectivity index (χ1n) is 7.42. The van der Waals surface area contributed by atoms with E-state index in [9.17, 15) is 4.79 Å². The third kappa shape index (κ3) is 1.83. The zero-order valence-electron chi connectivity index (χ0n) is 11.4. The molecule has 0 spiro atoms. The molecule has 104 valence electrons. The second-order valence-electron chi connectivity index (χ2n) is 5.90. The van der Waals surface area contributed by atoms with E-state index in [-0.39, 0.29) is 5.91 Å². The molecule has 2 aliphatic rings. The fourth-order valence-corrected chi connectivity index (χ4v) is 3.66. The van der Waals surface area contributed by atoms with Crippen LogP contribution in [0.2, 0.25) is 0 Å². The third-order valence-corrected chi connectivity index (χ3v) is 4.70. The average Bonchev–Trinajstić information content (AvgIpc) is 3.12. The van der Waals surface area contributed by atoms with Gasteiger partial charge in [-0.1, -0.05) is 18.2 Å². The van der Waals surface area contributed by atoms with Gasteiger partial charge in [-0.2, -0.15) is 0 Å². The Kier molecular flexibility index (Phi) is 2.77. The lowest BCUT2D eigenvalue weighted by Gasteiger charge is -2.36. The lowest BCUT2D eigenvalue weighted by molar-refractivity contribution is 0.0570. The van der Waals surface area contributed by atoms with Crippen molar-refractivity contribution in [1.29, 1.82) is 0 Å². The number of hydrogen-bond donors (Lipinski definition) is 2. The van der Waals surface area contributed by atoms with E-state index in [1.165, 1.54) is 6.42 Å². The number of nitrogens with one attached hydrogen (secondary N) is 2. The molecule has 2 N–H and O–H groups in total. The molecule has 1 amide bonds. The number of para-hydroxylation sites is 1. The number of aromatic nitrogens is 1. The van der Waals surface area contributed by atoms with Crippen LogP contribution in [-0.4, -0.2) is 41.5 Å². The molecule has 0 radical (unpaired) electrons. The largest absolute Gasteiger partial charge is 0.351 e. The first-order chi connectivity index (χ1) is 9.83. The van der Waals surface area contributed by atoms with Gasteiger partial charge in [0.25, 0.3) is 5.91 Å². The molecule has 1 aromatic heterocycles. The maximum absolute atomic E-state index is 12.8. The Morgan fingerprint density at radius 3 is 3.05 bits per heavy atom. The molecule has 2 fully saturated rings. The van der Waals surface area contributed by atoms with Gasteiger partial charge in [-0.05, 0) is 30.9 Å². The van der Waals surface area contributed by atoms with Crippen molar-refractivity contribution in [3.05, 3.63) is 36.0 Å². The number of nitrogens with zero attached hydrogens (tertiary/aromatic N) is 1. The van der Waals surface area contributed by atoms with Crippen LogP contribution in [0.25, 0.3) is 10.9 Å². The number of H-pyrrole nitrogens is 1. The minimum Gasteiger partial charge on any atom is -0.351 e. The van der Waals surface area contributed by atoms with Gasteiger partial charge in [0, 0.05) is 36.6 Å². The van der Waals surface area contributed by atoms with Gasteiger partial charge in [0.05, 0.1) is 0 Å². The van der Waals surface area contributed by atoms with Crippen molar-refractivity contribution in [3.63, 3.8) is 0 Å². The molecule has 4 nitrogen and oxygen atoms in total. The number of hydrogen-bond acceptors (Lipinski definition) is 2. The van der Waals surface area contributed by atoms with Gasteiger partial charge in [0.15, 0.2) is 0 Å². The summed E-state index contributed by atoms with van der Waals surface area (Å²) in [6.07, 6.45) is 2.36. The Hall–Kier alpha value is -1.81. The molecule has 4 heteroatoms. The van der Waals surface area contributed by atoms with Crippen molar-refractivity contribution >= 4 is 16.8 Å². The lowest BCUT2D eigenvalue weighted by atomic mass is 9.92. The van der Waals surface area contributed by atoms with Crippen LogP contribution in [0.15, 0.2) is 30.3 Å². The van der Waals surface area contributed by atoms with Gasteiger partial charge in [-0.3, -0.25) is 4.79 Å². The normalized spacial score (nSPS) is 25.9. The van der Waals surface area contributed by atoms with Crippen molar-refractivity contribution in [2.45, 2.75) is 18.9 Å². The molecule has 1 aromatic carbocycles. The predicted molar refractivity (Wildman–Crippen MR) is 78.7 cm³/mol. The van der Waals surface area contributed by atoms with E-state index in [1.807, 2.05) is 30.3 Å². The number of piperidine rings is 1. The van der Waals surface area contributed by atoms with Crippen molar-refractivity contribution < 1.29 is 4.79 Å². The van der Waals surface area contributed by atoms with Crippen LogP contribution >= 0.6 is 0 Å². The summed E-state index contributed by atoms with van der Waals surface area (Å²) < 4.78 is 0. The van der Waals surface area contributed by atoms with Crippen LogP contribution in [0.1, 0.15) is 23.3 Å². The minimum atomic E-state index is 0.152. The highest BCUT2D eigenvalue weighted by atomic mass is 16.2. The van der Waals surface area contributed by atoms with E-state index in [0.717, 1.165) is 42.7 Å². The SMILES string of the molecule is O=C(c1cc2ccccc2[nH]1)N1CCCC2CNCC21. The summed E-state index contributed by atoms with van der Waals surface area (Å²) in [5.41, 5.74) is 1.76. The summed E-state index contributed by atoms with van der Waals surface area (Å²) in [5.74, 6) is 0.789. The summed E-state index contributed by atoms with van der Waals surface area (Å²) in [4.78, 5) is 18.1. The quantitative estimate of drug-likeness (QED) is 0.832. The Morgan fingerprint density at radius 1 is 1.25 bits per heavy atom. The second-order valence-corrected chi connectivity index (χ2v) is 5.90. The molecular formula is C16H19N3O. The number of amides is 1. The van der Waals surface area contributed by atoms with Crippen molar-refractivity contribution in [1.82, 2.24) is 15.2 Å². The predicted octanol–water partition coefficient (Wildman–Crippen LogP) is 1.99. The summed E-state index contributed by atoms with van der Waals surface area (Å²) in [6, 6.07) is 10.4. The van der Waals surface area contributed by atoms with Crippen LogP contribution in [-0.2, 0) is 0 Å². The number of carbonyl (C=O) groups is 1. The van der Waals surface area contributed by atoms with Crippen molar-refractivity contribution in [2.24, 2.45) is 5.92 Å². The highest BCUT2D eigenvalue weighted by Crippen LogP contribution is 2.28. The number of fused-ring (bicyclic) bond motifs is 2. The molecule has 2 aliphatic heterocycles. The first-order valence-corrected chi connectivity index (χ1v) is 7.42. The van der Waals surface area contributed by atoms with Gasteiger partial charge >= 0.3 is 0 Å². The summed E-state index contributed by atoms with van der Waals surface area (Å²) in [7, 11) is 0. The summed E-state index contributed by atoms with van der Waals surface area (Å²) in [5, 5.41) is 4.53. The Balaban J connectivity index is 1.65. The number of rotatable bonds is 1. The summed E-state index contributed by atoms with van der Waals surface area (Å²) in [6.45, 7) is 2.88. The van der Waals surface area contributed by atoms with Crippen LogP contribution in [0, 0.1) is 5.92 Å². The van der Waals surface area contributed by atoms with E-state index in [0.29, 0.717) is 12.0 Å². The van der Waals surface area contributed by atoms with E-state index in [1.54, 1.807) is 0 Å². The van der Waals surface area contributed by atoms with E-state index >= 15 is 0 Å². The van der Waals surface area contributed by atoms with Crippen LogP contribution < -0.4 is 5.32 Å². The Morgan fingerprint density at radius 2 is 2.15 bits per heavy atom. The molecule has 2 unspecified atom stereocenters. The maximum Gasteiger partial charge on any atom is 0.270 e. The highest BCUT2D eigenvalue weighted by Gasteiger charge is 2.37. The molecule has 3 heterocycles. The smallest absolute Gasteiger partial charge is 0.270 e. The van der Waals surface area contributed by atoms with Crippen molar-refractivity contribution in [3.8, 4) is 0 Å². The third-order valence-electron chi connectivity index (χ3n) is 4.70. The molecule has 20 heavy (non-hydrogen) atoms. The second kappa shape index (κ2) is 4.63. The number of likely N-dealkylation sites (tertiary alicyclic amines) is 1. The molecule has 4 rings (SSSR count). The van der Waals surface area contributed by atoms with Gasteiger partial charge in [-0.15, -0.1) is 0 Å². The monoisotopic (exact) mass is 269 g/mol. The van der Waals surface area contributed by atoms with Gasteiger partial charge in [-0.25, -0.2) is 0 Å². The average molecular weight is 269 g/mol. The molecule has 2 saturated heterocycles. The molecule has 2 aromatic rings. The molecular weight excluding hydrogens is 250 g/mol. The standard InChI is InChI=1S/C16H19N3O/c20-16(14-8-11-4-1-2-6-13(11)18-14)19-7-3-5-12-9-17-10-15(12)19/h1-2,4,6,8,12,15,17-18H,3,5,7,9-10H2. The minimum absolute atomic E-state index is 0.152. The van der Waals surface area contributed by atoms with E-state index < -0.39 is 0 Å². The van der Waals surface area contributed by atoms with E-state index in [2.05, 4.69) is 15.2 Å². The van der Waals surface area contributed by atoms with Gasteiger partial charge in [0.1, 0.15) is 5.69 Å². The fourth-order valence-electron chi connectivity index (χ4n) is 3.66. The Bertz CT molecular complexity index is 615. The van der Waals surface area contributed by atoms with Crippen LogP contribution in [0.4, 0.5) is 0 Å². The maximum atomic E-state index is 12.8. The number of carbonyl (C=O) groups excluding carboxylic acids is 1. The fraction of sp³-hybridized carbons (Fsp3) is 0.438. The Labute approximate surface area is 118 Å². The first kappa shape index (κ1) is 12.0. The molecule has 0 aliphatic carbocycles.